The number of anilines is 1. The Kier molecular flexibility index (Phi) is 5.25. The third kappa shape index (κ3) is 3.23. The zero-order valence-electron chi connectivity index (χ0n) is 13.5. The van der Waals surface area contributed by atoms with E-state index in [0.29, 0.717) is 6.61 Å². The van der Waals surface area contributed by atoms with Crippen LogP contribution >= 0.6 is 11.3 Å². The molecule has 0 aromatic carbocycles. The van der Waals surface area contributed by atoms with Gasteiger partial charge in [-0.2, -0.15) is 0 Å². The van der Waals surface area contributed by atoms with Gasteiger partial charge in [-0.1, -0.05) is 20.8 Å². The van der Waals surface area contributed by atoms with Crippen molar-refractivity contribution in [1.82, 2.24) is 4.98 Å². The van der Waals surface area contributed by atoms with Gasteiger partial charge in [0.05, 0.1) is 12.3 Å². The lowest BCUT2D eigenvalue weighted by atomic mass is 9.90. The number of rotatable bonds is 7. The Morgan fingerprint density at radius 1 is 1.33 bits per heavy atom. The quantitative estimate of drug-likeness (QED) is 0.770. The number of nitrogens with zero attached hydrogens (tertiary/aromatic N) is 1. The van der Waals surface area contributed by atoms with Crippen LogP contribution in [0.25, 0.3) is 0 Å². The minimum absolute atomic E-state index is 0.116. The molecule has 0 radical (unpaired) electrons. The lowest BCUT2D eigenvalue weighted by Gasteiger charge is -2.31. The van der Waals surface area contributed by atoms with Crippen molar-refractivity contribution >= 4 is 22.4 Å². The van der Waals surface area contributed by atoms with Crippen LogP contribution in [0, 0.1) is 0 Å². The van der Waals surface area contributed by atoms with Crippen molar-refractivity contribution < 1.29 is 9.53 Å². The van der Waals surface area contributed by atoms with E-state index in [-0.39, 0.29) is 17.4 Å². The van der Waals surface area contributed by atoms with Crippen LogP contribution in [0.4, 0.5) is 5.13 Å². The minimum Gasteiger partial charge on any atom is -0.465 e. The fraction of sp³-hybridized carbons (Fsp3) is 0.750. The third-order valence-electron chi connectivity index (χ3n) is 4.69. The van der Waals surface area contributed by atoms with E-state index < -0.39 is 0 Å². The van der Waals surface area contributed by atoms with E-state index in [1.165, 1.54) is 4.88 Å². The van der Waals surface area contributed by atoms with Gasteiger partial charge in [-0.05, 0) is 39.0 Å². The Balaban J connectivity index is 2.16. The number of carbonyl (C=O) groups is 1. The highest BCUT2D eigenvalue weighted by molar-refractivity contribution is 7.15. The van der Waals surface area contributed by atoms with E-state index in [1.807, 2.05) is 6.92 Å². The number of fused-ring (bicyclic) bond motifs is 1. The molecule has 1 aliphatic rings. The van der Waals surface area contributed by atoms with Gasteiger partial charge in [0.15, 0.2) is 5.13 Å². The first-order chi connectivity index (χ1) is 10.1. The Bertz CT molecular complexity index is 486. The molecule has 1 heterocycles. The van der Waals surface area contributed by atoms with Gasteiger partial charge < -0.3 is 10.1 Å². The Morgan fingerprint density at radius 2 is 2.00 bits per heavy atom. The molecule has 5 heteroatoms. The molecule has 1 atom stereocenters. The number of aryl methyl sites for hydroxylation is 1. The van der Waals surface area contributed by atoms with Crippen LogP contribution in [-0.2, 0) is 16.0 Å². The third-order valence-corrected chi connectivity index (χ3v) is 5.74. The molecule has 0 saturated carbocycles. The molecular weight excluding hydrogens is 284 g/mol. The summed E-state index contributed by atoms with van der Waals surface area (Å²) in [7, 11) is 0. The van der Waals surface area contributed by atoms with Crippen molar-refractivity contribution in [3.63, 3.8) is 0 Å². The fourth-order valence-electron chi connectivity index (χ4n) is 2.99. The number of carbonyl (C=O) groups excluding carboxylic acids is 1. The maximum Gasteiger partial charge on any atom is 0.315 e. The molecule has 21 heavy (non-hydrogen) atoms. The van der Waals surface area contributed by atoms with E-state index in [4.69, 9.17) is 9.72 Å². The van der Waals surface area contributed by atoms with E-state index >= 15 is 0 Å². The summed E-state index contributed by atoms with van der Waals surface area (Å²) in [5.74, 6) is -0.285. The summed E-state index contributed by atoms with van der Waals surface area (Å²) in [5, 5.41) is 4.58. The highest BCUT2D eigenvalue weighted by Gasteiger charge is 2.34. The highest BCUT2D eigenvalue weighted by Crippen LogP contribution is 2.40. The van der Waals surface area contributed by atoms with Crippen LogP contribution in [-0.4, -0.2) is 23.1 Å². The number of nitrogens with one attached hydrogen (secondary N) is 1. The van der Waals surface area contributed by atoms with Crippen LogP contribution in [0.2, 0.25) is 0 Å². The van der Waals surface area contributed by atoms with Crippen LogP contribution in [0.3, 0.4) is 0 Å². The summed E-state index contributed by atoms with van der Waals surface area (Å²) in [5.41, 5.74) is 1.06. The second-order valence-corrected chi connectivity index (χ2v) is 6.72. The van der Waals surface area contributed by atoms with Gasteiger partial charge in [-0.15, -0.1) is 11.3 Å². The normalized spacial score (nSPS) is 17.6. The molecule has 2 rings (SSSR count). The Labute approximate surface area is 131 Å². The predicted molar refractivity (Wildman–Crippen MR) is 87.0 cm³/mol. The Hall–Kier alpha value is -1.10. The van der Waals surface area contributed by atoms with Crippen LogP contribution in [0.15, 0.2) is 0 Å². The summed E-state index contributed by atoms with van der Waals surface area (Å²) < 4.78 is 5.16. The standard InChI is InChI=1S/C16H26N2O2S/c1-5-16(6-2,7-3)18-15-17-13-11(14(19)20-8-4)9-10-12(13)21-15/h11H,5-10H2,1-4H3,(H,17,18). The number of esters is 1. The summed E-state index contributed by atoms with van der Waals surface area (Å²) in [6, 6.07) is 0. The lowest BCUT2D eigenvalue weighted by Crippen LogP contribution is -2.36. The summed E-state index contributed by atoms with van der Waals surface area (Å²) in [6.45, 7) is 8.92. The van der Waals surface area contributed by atoms with E-state index in [0.717, 1.165) is 42.9 Å². The molecule has 0 aliphatic heterocycles. The maximum atomic E-state index is 12.0. The molecular formula is C16H26N2O2S. The molecule has 0 bridgehead atoms. The van der Waals surface area contributed by atoms with Crippen molar-refractivity contribution in [2.45, 2.75) is 71.3 Å². The number of thiazole rings is 1. The SMILES string of the molecule is CCOC(=O)C1CCc2sc(NC(CC)(CC)CC)nc21. The van der Waals surface area contributed by atoms with E-state index in [2.05, 4.69) is 26.1 Å². The van der Waals surface area contributed by atoms with E-state index in [1.54, 1.807) is 11.3 Å². The molecule has 0 fully saturated rings. The van der Waals surface area contributed by atoms with Gasteiger partial charge >= 0.3 is 5.97 Å². The molecule has 1 aromatic rings. The van der Waals surface area contributed by atoms with Crippen LogP contribution in [0.1, 0.15) is 69.9 Å². The van der Waals surface area contributed by atoms with Crippen molar-refractivity contribution in [2.24, 2.45) is 0 Å². The topological polar surface area (TPSA) is 51.2 Å². The van der Waals surface area contributed by atoms with Gasteiger partial charge in [0.25, 0.3) is 0 Å². The zero-order chi connectivity index (χ0) is 15.5. The van der Waals surface area contributed by atoms with Gasteiger partial charge in [0.2, 0.25) is 0 Å². The van der Waals surface area contributed by atoms with Gasteiger partial charge in [-0.3, -0.25) is 4.79 Å². The molecule has 1 aliphatic carbocycles. The molecule has 1 unspecified atom stereocenters. The molecule has 0 saturated heterocycles. The Morgan fingerprint density at radius 3 is 2.57 bits per heavy atom. The predicted octanol–water partition coefficient (Wildman–Crippen LogP) is 4.12. The molecule has 1 N–H and O–H groups in total. The maximum absolute atomic E-state index is 12.0. The summed E-state index contributed by atoms with van der Waals surface area (Å²) in [6.07, 6.45) is 5.01. The number of hydrogen-bond acceptors (Lipinski definition) is 5. The monoisotopic (exact) mass is 310 g/mol. The van der Waals surface area contributed by atoms with Gasteiger partial charge in [-0.25, -0.2) is 4.98 Å². The first-order valence-corrected chi connectivity index (χ1v) is 8.85. The lowest BCUT2D eigenvalue weighted by molar-refractivity contribution is -0.145. The zero-order valence-corrected chi connectivity index (χ0v) is 14.3. The van der Waals surface area contributed by atoms with Crippen molar-refractivity contribution in [3.05, 3.63) is 10.6 Å². The number of aromatic nitrogens is 1. The smallest absolute Gasteiger partial charge is 0.315 e. The van der Waals surface area contributed by atoms with E-state index in [9.17, 15) is 4.79 Å². The van der Waals surface area contributed by atoms with Gasteiger partial charge in [0.1, 0.15) is 5.92 Å². The van der Waals surface area contributed by atoms with Crippen molar-refractivity contribution in [1.29, 1.82) is 0 Å². The minimum atomic E-state index is -0.161. The summed E-state index contributed by atoms with van der Waals surface area (Å²) in [4.78, 5) is 17.9. The highest BCUT2D eigenvalue weighted by atomic mass is 32.1. The van der Waals surface area contributed by atoms with Crippen LogP contribution < -0.4 is 5.32 Å². The first kappa shape index (κ1) is 16.3. The van der Waals surface area contributed by atoms with Crippen LogP contribution in [0.5, 0.6) is 0 Å². The second kappa shape index (κ2) is 6.77. The molecule has 1 aromatic heterocycles. The average molecular weight is 310 g/mol. The molecule has 4 nitrogen and oxygen atoms in total. The fourth-order valence-corrected chi connectivity index (χ4v) is 4.15. The summed E-state index contributed by atoms with van der Waals surface area (Å²) >= 11 is 1.70. The molecule has 118 valence electrons. The number of ether oxygens (including phenoxy) is 1. The average Bonchev–Trinajstić information content (AvgIpc) is 3.04. The first-order valence-electron chi connectivity index (χ1n) is 8.03. The largest absolute Gasteiger partial charge is 0.465 e. The second-order valence-electron chi connectivity index (χ2n) is 5.64. The molecule has 0 amide bonds. The van der Waals surface area contributed by atoms with Crippen molar-refractivity contribution in [2.75, 3.05) is 11.9 Å². The number of hydrogen-bond donors (Lipinski definition) is 1. The van der Waals surface area contributed by atoms with Crippen molar-refractivity contribution in [3.8, 4) is 0 Å². The molecule has 0 spiro atoms. The van der Waals surface area contributed by atoms with Gasteiger partial charge in [0, 0.05) is 10.4 Å².